The summed E-state index contributed by atoms with van der Waals surface area (Å²) < 4.78 is 54.3. The molecule has 0 aliphatic rings. The van der Waals surface area contributed by atoms with Gasteiger partial charge >= 0.3 is 17.6 Å². The first-order chi connectivity index (χ1) is 17.9. The lowest BCUT2D eigenvalue weighted by Crippen LogP contribution is -2.09. The van der Waals surface area contributed by atoms with Crippen molar-refractivity contribution in [3.63, 3.8) is 0 Å². The van der Waals surface area contributed by atoms with Gasteiger partial charge in [0.05, 0.1) is 32.8 Å². The topological polar surface area (TPSA) is 132 Å². The fourth-order valence-electron chi connectivity index (χ4n) is 3.88. The van der Waals surface area contributed by atoms with E-state index in [1.807, 2.05) is 0 Å². The van der Waals surface area contributed by atoms with E-state index in [9.17, 15) is 42.6 Å². The molecule has 1 N–H and O–H groups in total. The zero-order valence-corrected chi connectivity index (χ0v) is 19.2. The minimum Gasteiger partial charge on any atom is -0.313 e. The van der Waals surface area contributed by atoms with Crippen LogP contribution in [0.25, 0.3) is 5.52 Å². The van der Waals surface area contributed by atoms with Gasteiger partial charge in [-0.3, -0.25) is 30.4 Å². The molecule has 194 valence electrons. The molecule has 4 rings (SSSR count). The fraction of sp³-hybridized carbons (Fsp3) is 0.0833. The van der Waals surface area contributed by atoms with Crippen molar-refractivity contribution in [2.75, 3.05) is 5.43 Å². The number of hydrogen-bond acceptors (Lipinski definition) is 7. The lowest BCUT2D eigenvalue weighted by atomic mass is 10.0. The minimum absolute atomic E-state index is 0.170. The number of nitro groups is 2. The molecule has 0 atom stereocenters. The maximum atomic E-state index is 13.3. The number of hydrogen-bond donors (Lipinski definition) is 1. The number of pyridine rings is 1. The summed E-state index contributed by atoms with van der Waals surface area (Å²) in [7, 11) is 0. The second-order valence-electron chi connectivity index (χ2n) is 7.95. The van der Waals surface area contributed by atoms with E-state index in [1.165, 1.54) is 12.1 Å². The number of halogens is 4. The summed E-state index contributed by atoms with van der Waals surface area (Å²) in [6, 6.07) is 10.2. The Morgan fingerprint density at radius 1 is 1.03 bits per heavy atom. The number of nitrogens with zero attached hydrogens (tertiary/aromatic N) is 4. The van der Waals surface area contributed by atoms with Gasteiger partial charge in [-0.25, -0.2) is 4.39 Å². The molecule has 2 aromatic carbocycles. The molecule has 0 spiro atoms. The van der Waals surface area contributed by atoms with Crippen LogP contribution in [0, 0.1) is 33.0 Å². The Kier molecular flexibility index (Phi) is 6.64. The van der Waals surface area contributed by atoms with Gasteiger partial charge in [0.25, 0.3) is 0 Å². The van der Waals surface area contributed by atoms with Crippen LogP contribution in [-0.2, 0) is 6.18 Å². The third-order valence-electron chi connectivity index (χ3n) is 5.64. The molecule has 0 unspecified atom stereocenters. The average Bonchev–Trinajstić information content (AvgIpc) is 3.14. The molecule has 0 bridgehead atoms. The molecule has 4 aromatic rings. The lowest BCUT2D eigenvalue weighted by molar-refractivity contribution is -0.392. The van der Waals surface area contributed by atoms with E-state index in [2.05, 4.69) is 10.5 Å². The van der Waals surface area contributed by atoms with Crippen LogP contribution in [-0.4, -0.2) is 26.2 Å². The Bertz CT molecular complexity index is 1590. The smallest absolute Gasteiger partial charge is 0.313 e. The molecule has 2 heterocycles. The Labute approximate surface area is 210 Å². The summed E-state index contributed by atoms with van der Waals surface area (Å²) in [5.74, 6) is -0.964. The number of carbonyl (C=O) groups is 1. The van der Waals surface area contributed by atoms with Crippen LogP contribution in [0.5, 0.6) is 0 Å². The molecule has 0 amide bonds. The van der Waals surface area contributed by atoms with Crippen molar-refractivity contribution in [3.8, 4) is 0 Å². The highest BCUT2D eigenvalue weighted by molar-refractivity contribution is 6.12. The number of fused-ring (bicyclic) bond motifs is 1. The molecular weight excluding hydrogens is 514 g/mol. The average molecular weight is 529 g/mol. The normalized spacial score (nSPS) is 11.7. The predicted octanol–water partition coefficient (Wildman–Crippen LogP) is 5.90. The summed E-state index contributed by atoms with van der Waals surface area (Å²) >= 11 is 0. The first-order valence-corrected chi connectivity index (χ1v) is 10.6. The van der Waals surface area contributed by atoms with E-state index in [4.69, 9.17) is 0 Å². The van der Waals surface area contributed by atoms with Crippen molar-refractivity contribution in [2.45, 2.75) is 13.1 Å². The Morgan fingerprint density at radius 3 is 2.18 bits per heavy atom. The molecule has 0 radical (unpaired) electrons. The van der Waals surface area contributed by atoms with Gasteiger partial charge in [-0.1, -0.05) is 6.07 Å². The van der Waals surface area contributed by atoms with Crippen molar-refractivity contribution in [3.05, 3.63) is 115 Å². The molecule has 0 aliphatic carbocycles. The standard InChI is InChI=1S/C24H15F4N5O5/c1-13-17(18-4-2-3-9-31(18)22(13)23(34)14-5-7-16(25)8-6-14)12-29-30-21-19(32(35)36)10-15(24(26,27)28)11-20(21)33(37)38/h2-12,30H,1H3. The van der Waals surface area contributed by atoms with E-state index >= 15 is 0 Å². The fourth-order valence-corrected chi connectivity index (χ4v) is 3.88. The third kappa shape index (κ3) is 4.78. The van der Waals surface area contributed by atoms with Crippen molar-refractivity contribution in [2.24, 2.45) is 5.10 Å². The van der Waals surface area contributed by atoms with Gasteiger partial charge in [0.1, 0.15) is 5.82 Å². The first kappa shape index (κ1) is 25.9. The molecular formula is C24H15F4N5O5. The third-order valence-corrected chi connectivity index (χ3v) is 5.64. The highest BCUT2D eigenvalue weighted by atomic mass is 19.4. The van der Waals surface area contributed by atoms with Crippen LogP contribution in [0.2, 0.25) is 0 Å². The second-order valence-corrected chi connectivity index (χ2v) is 7.95. The van der Waals surface area contributed by atoms with E-state index in [0.717, 1.165) is 18.3 Å². The summed E-state index contributed by atoms with van der Waals surface area (Å²) in [6.07, 6.45) is -2.33. The predicted molar refractivity (Wildman–Crippen MR) is 128 cm³/mol. The quantitative estimate of drug-likeness (QED) is 0.104. The zero-order chi connectivity index (χ0) is 27.8. The number of ketones is 1. The monoisotopic (exact) mass is 529 g/mol. The van der Waals surface area contributed by atoms with Crippen LogP contribution < -0.4 is 5.43 Å². The van der Waals surface area contributed by atoms with Crippen LogP contribution in [0.1, 0.15) is 32.7 Å². The highest BCUT2D eigenvalue weighted by Gasteiger charge is 2.37. The van der Waals surface area contributed by atoms with E-state index in [0.29, 0.717) is 16.6 Å². The number of aromatic nitrogens is 1. The first-order valence-electron chi connectivity index (χ1n) is 10.6. The number of benzene rings is 2. The van der Waals surface area contributed by atoms with Crippen LogP contribution in [0.3, 0.4) is 0 Å². The number of alkyl halides is 3. The zero-order valence-electron chi connectivity index (χ0n) is 19.2. The van der Waals surface area contributed by atoms with Gasteiger partial charge in [-0.15, -0.1) is 0 Å². The molecule has 14 heteroatoms. The maximum absolute atomic E-state index is 13.3. The summed E-state index contributed by atoms with van der Waals surface area (Å²) in [4.78, 5) is 33.7. The number of rotatable bonds is 7. The van der Waals surface area contributed by atoms with Gasteiger partial charge in [-0.05, 0) is 48.9 Å². The van der Waals surface area contributed by atoms with Crippen molar-refractivity contribution >= 4 is 34.6 Å². The molecule has 10 nitrogen and oxygen atoms in total. The van der Waals surface area contributed by atoms with Crippen molar-refractivity contribution in [1.82, 2.24) is 4.40 Å². The van der Waals surface area contributed by atoms with Crippen LogP contribution >= 0.6 is 0 Å². The van der Waals surface area contributed by atoms with Crippen LogP contribution in [0.4, 0.5) is 34.6 Å². The second kappa shape index (κ2) is 9.72. The van der Waals surface area contributed by atoms with Gasteiger partial charge in [0, 0.05) is 29.5 Å². The van der Waals surface area contributed by atoms with Gasteiger partial charge in [0.15, 0.2) is 0 Å². The molecule has 2 aromatic heterocycles. The van der Waals surface area contributed by atoms with Gasteiger partial charge in [-0.2, -0.15) is 18.3 Å². The molecule has 0 aliphatic heterocycles. The largest absolute Gasteiger partial charge is 0.416 e. The Morgan fingerprint density at radius 2 is 1.63 bits per heavy atom. The SMILES string of the molecule is Cc1c(C=NNc2c([N+](=O)[O-])cc(C(F)(F)F)cc2[N+](=O)[O-])c2ccccn2c1C(=O)c1ccc(F)cc1. The van der Waals surface area contributed by atoms with E-state index < -0.39 is 50.2 Å². The van der Waals surface area contributed by atoms with Crippen molar-refractivity contribution < 1.29 is 32.2 Å². The number of carbonyl (C=O) groups excluding carboxylic acids is 1. The molecule has 38 heavy (non-hydrogen) atoms. The highest BCUT2D eigenvalue weighted by Crippen LogP contribution is 2.41. The minimum atomic E-state index is -5.06. The molecule has 0 saturated carbocycles. The number of anilines is 1. The Hall–Kier alpha value is -5.14. The number of hydrazone groups is 1. The summed E-state index contributed by atoms with van der Waals surface area (Å²) in [5, 5.41) is 26.7. The van der Waals surface area contributed by atoms with Crippen LogP contribution in [0.15, 0.2) is 65.9 Å². The van der Waals surface area contributed by atoms with E-state index in [1.54, 1.807) is 35.7 Å². The molecule has 0 saturated heterocycles. The van der Waals surface area contributed by atoms with Gasteiger partial charge in [0.2, 0.25) is 11.5 Å². The maximum Gasteiger partial charge on any atom is 0.416 e. The van der Waals surface area contributed by atoms with E-state index in [-0.39, 0.29) is 23.4 Å². The number of nitrogens with one attached hydrogen (secondary N) is 1. The van der Waals surface area contributed by atoms with Gasteiger partial charge < -0.3 is 4.40 Å². The summed E-state index contributed by atoms with van der Waals surface area (Å²) in [6.45, 7) is 1.59. The summed E-state index contributed by atoms with van der Waals surface area (Å²) in [5.41, 5.74) is -1.06. The Balaban J connectivity index is 1.79. The van der Waals surface area contributed by atoms with Crippen molar-refractivity contribution in [1.29, 1.82) is 0 Å². The lowest BCUT2D eigenvalue weighted by Gasteiger charge is -2.09. The molecule has 0 fully saturated rings. The number of nitro benzene ring substituents is 2.